The van der Waals surface area contributed by atoms with Crippen LogP contribution >= 0.6 is 15.9 Å². The SMILES string of the molecule is CC(C)(C)OC(=O)N(C1=NC(C)(c2cccc(Br)c2)COC1)C1=NOCCC1=N. The molecule has 9 heteroatoms. The zero-order valence-corrected chi connectivity index (χ0v) is 18.6. The first-order valence-corrected chi connectivity index (χ1v) is 10.1. The Balaban J connectivity index is 2.04. The van der Waals surface area contributed by atoms with Crippen LogP contribution in [0.15, 0.2) is 38.9 Å². The average Bonchev–Trinajstić information content (AvgIpc) is 2.62. The maximum atomic E-state index is 13.0. The molecule has 1 aromatic rings. The van der Waals surface area contributed by atoms with E-state index in [0.717, 1.165) is 10.0 Å². The molecule has 0 fully saturated rings. The van der Waals surface area contributed by atoms with Crippen LogP contribution in [0.5, 0.6) is 0 Å². The lowest BCUT2D eigenvalue weighted by molar-refractivity contribution is 0.0405. The van der Waals surface area contributed by atoms with Crippen molar-refractivity contribution in [2.75, 3.05) is 19.8 Å². The van der Waals surface area contributed by atoms with Gasteiger partial charge in [-0.2, -0.15) is 0 Å². The van der Waals surface area contributed by atoms with Gasteiger partial charge in [-0.25, -0.2) is 9.69 Å². The molecule has 2 aliphatic heterocycles. The Labute approximate surface area is 178 Å². The first kappa shape index (κ1) is 21.4. The van der Waals surface area contributed by atoms with Crippen LogP contribution in [0.2, 0.25) is 0 Å². The summed E-state index contributed by atoms with van der Waals surface area (Å²) in [7, 11) is 0. The quantitative estimate of drug-likeness (QED) is 0.676. The fraction of sp³-hybridized carbons (Fsp3) is 0.500. The number of carbonyl (C=O) groups excluding carboxylic acids is 1. The Morgan fingerprint density at radius 1 is 1.38 bits per heavy atom. The lowest BCUT2D eigenvalue weighted by Gasteiger charge is -2.36. The van der Waals surface area contributed by atoms with Crippen molar-refractivity contribution >= 4 is 39.4 Å². The van der Waals surface area contributed by atoms with Crippen LogP contribution in [-0.2, 0) is 19.9 Å². The molecule has 0 bridgehead atoms. The van der Waals surface area contributed by atoms with Crippen molar-refractivity contribution < 1.29 is 19.1 Å². The van der Waals surface area contributed by atoms with E-state index in [2.05, 4.69) is 21.1 Å². The Bertz CT molecular complexity index is 877. The molecule has 29 heavy (non-hydrogen) atoms. The summed E-state index contributed by atoms with van der Waals surface area (Å²) in [6.45, 7) is 8.01. The minimum atomic E-state index is -0.725. The van der Waals surface area contributed by atoms with Gasteiger partial charge in [0.15, 0.2) is 0 Å². The standard InChI is InChI=1S/C20H25BrN4O4/c1-19(2,3)29-18(26)25(17-15(22)8-9-28-24-17)16-11-27-12-20(4,23-16)13-6-5-7-14(21)10-13/h5-7,10,22H,8-9,11-12H2,1-4H3. The van der Waals surface area contributed by atoms with E-state index < -0.39 is 17.2 Å². The molecular weight excluding hydrogens is 440 g/mol. The van der Waals surface area contributed by atoms with E-state index in [1.807, 2.05) is 31.2 Å². The van der Waals surface area contributed by atoms with Crippen LogP contribution in [-0.4, -0.2) is 53.8 Å². The second-order valence-electron chi connectivity index (χ2n) is 8.10. The minimum Gasteiger partial charge on any atom is -0.443 e. The molecule has 2 aliphatic rings. The van der Waals surface area contributed by atoms with Gasteiger partial charge >= 0.3 is 6.09 Å². The second kappa shape index (κ2) is 8.23. The summed E-state index contributed by atoms with van der Waals surface area (Å²) in [4.78, 5) is 24.2. The molecule has 3 rings (SSSR count). The number of rotatable bonds is 1. The maximum Gasteiger partial charge on any atom is 0.421 e. The van der Waals surface area contributed by atoms with E-state index in [0.29, 0.717) is 25.5 Å². The molecule has 0 aromatic heterocycles. The Hall–Kier alpha value is -2.26. The summed E-state index contributed by atoms with van der Waals surface area (Å²) in [5, 5.41) is 12.2. The van der Waals surface area contributed by atoms with Gasteiger partial charge < -0.3 is 19.7 Å². The molecule has 1 atom stereocenters. The topological polar surface area (TPSA) is 96.6 Å². The largest absolute Gasteiger partial charge is 0.443 e. The lowest BCUT2D eigenvalue weighted by Crippen LogP contribution is -2.52. The molecule has 0 aliphatic carbocycles. The first-order valence-electron chi connectivity index (χ1n) is 9.32. The van der Waals surface area contributed by atoms with Crippen molar-refractivity contribution in [3.05, 3.63) is 34.3 Å². The van der Waals surface area contributed by atoms with E-state index in [4.69, 9.17) is 24.7 Å². The summed E-state index contributed by atoms with van der Waals surface area (Å²) >= 11 is 3.49. The van der Waals surface area contributed by atoms with E-state index >= 15 is 0 Å². The van der Waals surface area contributed by atoms with Crippen molar-refractivity contribution in [1.82, 2.24) is 4.90 Å². The molecular formula is C20H25BrN4O4. The number of hydrogen-bond donors (Lipinski definition) is 1. The van der Waals surface area contributed by atoms with Gasteiger partial charge in [0.25, 0.3) is 0 Å². The van der Waals surface area contributed by atoms with Gasteiger partial charge in [0, 0.05) is 10.9 Å². The van der Waals surface area contributed by atoms with Crippen LogP contribution in [0.25, 0.3) is 0 Å². The third-order valence-electron chi connectivity index (χ3n) is 4.35. The highest BCUT2D eigenvalue weighted by atomic mass is 79.9. The number of halogens is 1. The van der Waals surface area contributed by atoms with Gasteiger partial charge in [-0.15, -0.1) is 0 Å². The predicted octanol–water partition coefficient (Wildman–Crippen LogP) is 4.08. The third kappa shape index (κ3) is 5.02. The van der Waals surface area contributed by atoms with Crippen molar-refractivity contribution in [3.63, 3.8) is 0 Å². The molecule has 156 valence electrons. The smallest absolute Gasteiger partial charge is 0.421 e. The molecule has 8 nitrogen and oxygen atoms in total. The zero-order valence-electron chi connectivity index (χ0n) is 17.0. The normalized spacial score (nSPS) is 22.3. The van der Waals surface area contributed by atoms with Crippen molar-refractivity contribution in [1.29, 1.82) is 5.41 Å². The highest BCUT2D eigenvalue weighted by Gasteiger charge is 2.39. The van der Waals surface area contributed by atoms with E-state index in [1.54, 1.807) is 20.8 Å². The molecule has 0 radical (unpaired) electrons. The summed E-state index contributed by atoms with van der Waals surface area (Å²) < 4.78 is 12.3. The molecule has 1 amide bonds. The van der Waals surface area contributed by atoms with Gasteiger partial charge in [0.2, 0.25) is 5.84 Å². The van der Waals surface area contributed by atoms with Crippen LogP contribution in [0.1, 0.15) is 39.7 Å². The Kier molecular flexibility index (Phi) is 6.09. The highest BCUT2D eigenvalue weighted by molar-refractivity contribution is 9.10. The van der Waals surface area contributed by atoms with Crippen LogP contribution in [0, 0.1) is 5.41 Å². The summed E-state index contributed by atoms with van der Waals surface area (Å²) in [6.07, 6.45) is -0.331. The molecule has 1 aromatic carbocycles. The average molecular weight is 465 g/mol. The number of amides is 1. The molecule has 1 N–H and O–H groups in total. The number of aliphatic imine (C=N–C) groups is 1. The van der Waals surface area contributed by atoms with Crippen molar-refractivity contribution in [3.8, 4) is 0 Å². The minimum absolute atomic E-state index is 0.0753. The Morgan fingerprint density at radius 3 is 2.79 bits per heavy atom. The molecule has 0 spiro atoms. The Morgan fingerprint density at radius 2 is 2.14 bits per heavy atom. The van der Waals surface area contributed by atoms with Gasteiger partial charge in [0.1, 0.15) is 30.2 Å². The van der Waals surface area contributed by atoms with Gasteiger partial charge in [-0.1, -0.05) is 33.2 Å². The van der Waals surface area contributed by atoms with Gasteiger partial charge in [-0.05, 0) is 45.4 Å². The first-order chi connectivity index (χ1) is 13.6. The van der Waals surface area contributed by atoms with Crippen molar-refractivity contribution in [2.24, 2.45) is 10.1 Å². The molecule has 0 saturated carbocycles. The number of benzene rings is 1. The fourth-order valence-corrected chi connectivity index (χ4v) is 3.39. The monoisotopic (exact) mass is 464 g/mol. The maximum absolute atomic E-state index is 13.0. The number of carbonyl (C=O) groups is 1. The number of oxime groups is 1. The summed E-state index contributed by atoms with van der Waals surface area (Å²) in [5.74, 6) is 0.397. The van der Waals surface area contributed by atoms with E-state index in [1.165, 1.54) is 4.90 Å². The highest BCUT2D eigenvalue weighted by Crippen LogP contribution is 2.31. The van der Waals surface area contributed by atoms with E-state index in [9.17, 15) is 4.79 Å². The van der Waals surface area contributed by atoms with Gasteiger partial charge in [0.05, 0.1) is 12.3 Å². The van der Waals surface area contributed by atoms with Crippen LogP contribution in [0.4, 0.5) is 4.79 Å². The number of ether oxygens (including phenoxy) is 2. The summed E-state index contributed by atoms with van der Waals surface area (Å²) in [5.41, 5.74) is -0.322. The summed E-state index contributed by atoms with van der Waals surface area (Å²) in [6, 6.07) is 7.79. The number of nitrogens with one attached hydrogen (secondary N) is 1. The number of amidine groups is 2. The fourth-order valence-electron chi connectivity index (χ4n) is 3.00. The number of nitrogens with zero attached hydrogens (tertiary/aromatic N) is 3. The lowest BCUT2D eigenvalue weighted by atomic mass is 9.93. The van der Waals surface area contributed by atoms with Crippen LogP contribution < -0.4 is 0 Å². The van der Waals surface area contributed by atoms with Crippen molar-refractivity contribution in [2.45, 2.75) is 45.3 Å². The predicted molar refractivity (Wildman–Crippen MR) is 114 cm³/mol. The third-order valence-corrected chi connectivity index (χ3v) is 4.84. The second-order valence-corrected chi connectivity index (χ2v) is 9.01. The molecule has 1 unspecified atom stereocenters. The number of hydrogen-bond acceptors (Lipinski definition) is 7. The van der Waals surface area contributed by atoms with Gasteiger partial charge in [-0.3, -0.25) is 4.99 Å². The molecule has 0 saturated heterocycles. The molecule has 2 heterocycles. The van der Waals surface area contributed by atoms with Crippen LogP contribution in [0.3, 0.4) is 0 Å². The van der Waals surface area contributed by atoms with E-state index in [-0.39, 0.29) is 18.2 Å². The zero-order chi connectivity index (χ0) is 21.2.